The molecule has 1 unspecified atom stereocenters. The fourth-order valence-corrected chi connectivity index (χ4v) is 2.35. The van der Waals surface area contributed by atoms with Crippen LogP contribution in [0, 0.1) is 11.3 Å². The maximum Gasteiger partial charge on any atom is 0.274 e. The molecule has 1 aromatic heterocycles. The molecular weight excluding hydrogens is 242 g/mol. The number of imidazole rings is 1. The van der Waals surface area contributed by atoms with Crippen molar-refractivity contribution in [1.29, 1.82) is 5.26 Å². The zero-order valence-electron chi connectivity index (χ0n) is 11.4. The van der Waals surface area contributed by atoms with Gasteiger partial charge in [0.2, 0.25) is 0 Å². The molecule has 1 amide bonds. The molecule has 1 atom stereocenters. The third kappa shape index (κ3) is 2.93. The van der Waals surface area contributed by atoms with E-state index in [4.69, 9.17) is 5.26 Å². The molecule has 1 saturated heterocycles. The van der Waals surface area contributed by atoms with E-state index < -0.39 is 0 Å². The summed E-state index contributed by atoms with van der Waals surface area (Å²) in [6.07, 6.45) is 4.19. The minimum absolute atomic E-state index is 0.0229. The fraction of sp³-hybridized carbons (Fsp3) is 0.615. The highest BCUT2D eigenvalue weighted by Crippen LogP contribution is 2.11. The van der Waals surface area contributed by atoms with Crippen molar-refractivity contribution in [2.75, 3.05) is 26.2 Å². The van der Waals surface area contributed by atoms with Gasteiger partial charge in [-0.25, -0.2) is 4.98 Å². The van der Waals surface area contributed by atoms with Gasteiger partial charge in [-0.2, -0.15) is 5.26 Å². The summed E-state index contributed by atoms with van der Waals surface area (Å²) in [6, 6.07) is 2.27. The lowest BCUT2D eigenvalue weighted by molar-refractivity contribution is 0.0599. The number of aromatic nitrogens is 2. The maximum atomic E-state index is 12.2. The largest absolute Gasteiger partial charge is 0.340 e. The Morgan fingerprint density at radius 1 is 1.47 bits per heavy atom. The second-order valence-corrected chi connectivity index (χ2v) is 4.81. The van der Waals surface area contributed by atoms with Crippen LogP contribution in [0.25, 0.3) is 0 Å². The van der Waals surface area contributed by atoms with Crippen LogP contribution in [0.5, 0.6) is 0 Å². The normalized spacial score (nSPS) is 18.1. The molecule has 1 aliphatic rings. The molecule has 1 aliphatic heterocycles. The lowest BCUT2D eigenvalue weighted by Crippen LogP contribution is -2.51. The Morgan fingerprint density at radius 3 is 2.63 bits per heavy atom. The standard InChI is InChI=1S/C13H19N5O/c1-3-11(8-14)17-4-6-18(7-5-17)13(19)12-9-16(2)10-15-12/h9-11H,3-7H2,1-2H3. The van der Waals surface area contributed by atoms with Gasteiger partial charge in [-0.1, -0.05) is 6.92 Å². The summed E-state index contributed by atoms with van der Waals surface area (Å²) in [7, 11) is 1.85. The zero-order chi connectivity index (χ0) is 13.8. The number of carbonyl (C=O) groups excluding carboxylic acids is 1. The average Bonchev–Trinajstić information content (AvgIpc) is 2.87. The van der Waals surface area contributed by atoms with E-state index in [-0.39, 0.29) is 11.9 Å². The summed E-state index contributed by atoms with van der Waals surface area (Å²) < 4.78 is 1.77. The average molecular weight is 261 g/mol. The van der Waals surface area contributed by atoms with Crippen LogP contribution in [0.1, 0.15) is 23.8 Å². The predicted octanol–water partition coefficient (Wildman–Crippen LogP) is 0.480. The first-order valence-corrected chi connectivity index (χ1v) is 6.56. The number of aryl methyl sites for hydroxylation is 1. The maximum absolute atomic E-state index is 12.2. The van der Waals surface area contributed by atoms with Crippen LogP contribution in [0.4, 0.5) is 0 Å². The van der Waals surface area contributed by atoms with Crippen molar-refractivity contribution in [2.45, 2.75) is 19.4 Å². The minimum atomic E-state index is -0.0351. The molecule has 1 fully saturated rings. The summed E-state index contributed by atoms with van der Waals surface area (Å²) in [4.78, 5) is 20.2. The van der Waals surface area contributed by atoms with Crippen LogP contribution in [0.15, 0.2) is 12.5 Å². The Labute approximate surface area is 113 Å². The first-order chi connectivity index (χ1) is 9.15. The van der Waals surface area contributed by atoms with Gasteiger partial charge in [0.15, 0.2) is 0 Å². The predicted molar refractivity (Wildman–Crippen MR) is 70.4 cm³/mol. The van der Waals surface area contributed by atoms with E-state index in [1.807, 2.05) is 18.9 Å². The Kier molecular flexibility index (Phi) is 4.17. The molecular formula is C13H19N5O. The van der Waals surface area contributed by atoms with Gasteiger partial charge in [-0.05, 0) is 6.42 Å². The van der Waals surface area contributed by atoms with Crippen LogP contribution in [0.2, 0.25) is 0 Å². The highest BCUT2D eigenvalue weighted by molar-refractivity contribution is 5.92. The number of amides is 1. The van der Waals surface area contributed by atoms with E-state index in [9.17, 15) is 4.79 Å². The van der Waals surface area contributed by atoms with Crippen LogP contribution in [-0.4, -0.2) is 57.5 Å². The van der Waals surface area contributed by atoms with Crippen molar-refractivity contribution in [3.05, 3.63) is 18.2 Å². The molecule has 2 rings (SSSR count). The number of nitriles is 1. The van der Waals surface area contributed by atoms with E-state index in [0.29, 0.717) is 18.8 Å². The zero-order valence-corrected chi connectivity index (χ0v) is 11.4. The third-order valence-electron chi connectivity index (χ3n) is 3.50. The van der Waals surface area contributed by atoms with Crippen LogP contribution in [-0.2, 0) is 7.05 Å². The minimum Gasteiger partial charge on any atom is -0.340 e. The molecule has 19 heavy (non-hydrogen) atoms. The molecule has 0 saturated carbocycles. The van der Waals surface area contributed by atoms with Gasteiger partial charge < -0.3 is 9.47 Å². The summed E-state index contributed by atoms with van der Waals surface area (Å²) >= 11 is 0. The first kappa shape index (κ1) is 13.6. The smallest absolute Gasteiger partial charge is 0.274 e. The highest BCUT2D eigenvalue weighted by Gasteiger charge is 2.26. The second kappa shape index (κ2) is 5.85. The van der Waals surface area contributed by atoms with Crippen molar-refractivity contribution >= 4 is 5.91 Å². The van der Waals surface area contributed by atoms with E-state index in [2.05, 4.69) is 16.0 Å². The van der Waals surface area contributed by atoms with Gasteiger partial charge in [-0.15, -0.1) is 0 Å². The van der Waals surface area contributed by atoms with Crippen LogP contribution < -0.4 is 0 Å². The summed E-state index contributed by atoms with van der Waals surface area (Å²) in [5.41, 5.74) is 0.489. The van der Waals surface area contributed by atoms with Gasteiger partial charge in [-0.3, -0.25) is 9.69 Å². The van der Waals surface area contributed by atoms with Crippen molar-refractivity contribution in [3.63, 3.8) is 0 Å². The molecule has 102 valence electrons. The number of rotatable bonds is 3. The molecule has 0 aromatic carbocycles. The monoisotopic (exact) mass is 261 g/mol. The number of hydrogen-bond donors (Lipinski definition) is 0. The van der Waals surface area contributed by atoms with E-state index in [1.54, 1.807) is 17.1 Å². The van der Waals surface area contributed by atoms with Crippen LogP contribution >= 0.6 is 0 Å². The Bertz CT molecular complexity index is 481. The molecule has 6 nitrogen and oxygen atoms in total. The lowest BCUT2D eigenvalue weighted by atomic mass is 10.2. The van der Waals surface area contributed by atoms with Gasteiger partial charge in [0, 0.05) is 39.4 Å². The molecule has 0 radical (unpaired) electrons. The topological polar surface area (TPSA) is 65.2 Å². The van der Waals surface area contributed by atoms with Gasteiger partial charge >= 0.3 is 0 Å². The molecule has 0 N–H and O–H groups in total. The number of hydrogen-bond acceptors (Lipinski definition) is 4. The molecule has 6 heteroatoms. The summed E-state index contributed by atoms with van der Waals surface area (Å²) in [5.74, 6) is -0.0229. The molecule has 0 spiro atoms. The molecule has 1 aromatic rings. The highest BCUT2D eigenvalue weighted by atomic mass is 16.2. The van der Waals surface area contributed by atoms with Gasteiger partial charge in [0.05, 0.1) is 18.4 Å². The van der Waals surface area contributed by atoms with Crippen molar-refractivity contribution in [3.8, 4) is 6.07 Å². The molecule has 2 heterocycles. The fourth-order valence-electron chi connectivity index (χ4n) is 2.35. The lowest BCUT2D eigenvalue weighted by Gasteiger charge is -2.36. The summed E-state index contributed by atoms with van der Waals surface area (Å²) in [6.45, 7) is 4.84. The second-order valence-electron chi connectivity index (χ2n) is 4.81. The molecule has 0 aliphatic carbocycles. The third-order valence-corrected chi connectivity index (χ3v) is 3.50. The van der Waals surface area contributed by atoms with Gasteiger partial charge in [0.1, 0.15) is 5.69 Å². The summed E-state index contributed by atoms with van der Waals surface area (Å²) in [5, 5.41) is 9.05. The number of carbonyl (C=O) groups is 1. The van der Waals surface area contributed by atoms with Crippen molar-refractivity contribution in [2.24, 2.45) is 7.05 Å². The van der Waals surface area contributed by atoms with Gasteiger partial charge in [0.25, 0.3) is 5.91 Å². The Hall–Kier alpha value is -1.87. The van der Waals surface area contributed by atoms with Crippen molar-refractivity contribution in [1.82, 2.24) is 19.4 Å². The van der Waals surface area contributed by atoms with Crippen LogP contribution in [0.3, 0.4) is 0 Å². The molecule has 0 bridgehead atoms. The van der Waals surface area contributed by atoms with E-state index in [0.717, 1.165) is 19.5 Å². The number of nitrogens with zero attached hydrogens (tertiary/aromatic N) is 5. The van der Waals surface area contributed by atoms with E-state index >= 15 is 0 Å². The van der Waals surface area contributed by atoms with Crippen molar-refractivity contribution < 1.29 is 4.79 Å². The van der Waals surface area contributed by atoms with E-state index in [1.165, 1.54) is 0 Å². The quantitative estimate of drug-likeness (QED) is 0.794. The Morgan fingerprint density at radius 2 is 2.16 bits per heavy atom. The SMILES string of the molecule is CCC(C#N)N1CCN(C(=O)c2cn(C)cn2)CC1. The first-order valence-electron chi connectivity index (χ1n) is 6.56. The Balaban J connectivity index is 1.93. The number of piperazine rings is 1.